The summed E-state index contributed by atoms with van der Waals surface area (Å²) in [5.41, 5.74) is 1.46. The van der Waals surface area contributed by atoms with Crippen LogP contribution >= 0.6 is 0 Å². The molecule has 0 heterocycles. The third kappa shape index (κ3) is 3.25. The molecule has 0 aliphatic carbocycles. The molecule has 2 rings (SSSR count). The van der Waals surface area contributed by atoms with Gasteiger partial charge in [-0.15, -0.1) is 0 Å². The van der Waals surface area contributed by atoms with Crippen LogP contribution in [-0.2, 0) is 11.2 Å². The van der Waals surface area contributed by atoms with E-state index in [0.717, 1.165) is 5.56 Å². The molecule has 0 radical (unpaired) electrons. The lowest BCUT2D eigenvalue weighted by atomic mass is 10.1. The molecule has 0 saturated heterocycles. The number of phenolic OH excluding ortho intramolecular Hbond substituents is 2. The standard InChI is InChI=1S/C14H13NO3/c16-12-5-1-10(2-6-12)9-14(18)15-11-3-7-13(17)8-4-11/h1-8,16-17H,9H2,(H,15,18). The van der Waals surface area contributed by atoms with Gasteiger partial charge in [0.15, 0.2) is 0 Å². The fraction of sp³-hybridized carbons (Fsp3) is 0.0714. The number of benzene rings is 2. The van der Waals surface area contributed by atoms with Gasteiger partial charge in [-0.25, -0.2) is 0 Å². The zero-order valence-corrected chi connectivity index (χ0v) is 9.63. The summed E-state index contributed by atoms with van der Waals surface area (Å²) in [7, 11) is 0. The smallest absolute Gasteiger partial charge is 0.228 e. The number of carbonyl (C=O) groups is 1. The molecule has 0 unspecified atom stereocenters. The number of anilines is 1. The largest absolute Gasteiger partial charge is 0.508 e. The number of aromatic hydroxyl groups is 2. The second-order valence-electron chi connectivity index (χ2n) is 3.94. The first-order valence-corrected chi connectivity index (χ1v) is 5.50. The van der Waals surface area contributed by atoms with Crippen molar-refractivity contribution in [3.05, 3.63) is 54.1 Å². The third-order valence-electron chi connectivity index (χ3n) is 2.45. The van der Waals surface area contributed by atoms with E-state index in [1.807, 2.05) is 0 Å². The van der Waals surface area contributed by atoms with Gasteiger partial charge in [-0.1, -0.05) is 12.1 Å². The Hall–Kier alpha value is -2.49. The summed E-state index contributed by atoms with van der Waals surface area (Å²) < 4.78 is 0. The molecule has 4 nitrogen and oxygen atoms in total. The van der Waals surface area contributed by atoms with Gasteiger partial charge in [-0.05, 0) is 42.0 Å². The Balaban J connectivity index is 1.96. The highest BCUT2D eigenvalue weighted by Gasteiger charge is 2.04. The Morgan fingerprint density at radius 3 is 1.94 bits per heavy atom. The number of phenols is 2. The highest BCUT2D eigenvalue weighted by molar-refractivity contribution is 5.92. The Labute approximate surface area is 105 Å². The predicted molar refractivity (Wildman–Crippen MR) is 68.5 cm³/mol. The van der Waals surface area contributed by atoms with Gasteiger partial charge in [0.25, 0.3) is 0 Å². The normalized spacial score (nSPS) is 10.0. The van der Waals surface area contributed by atoms with E-state index in [1.165, 1.54) is 12.1 Å². The molecule has 18 heavy (non-hydrogen) atoms. The predicted octanol–water partition coefficient (Wildman–Crippen LogP) is 2.28. The van der Waals surface area contributed by atoms with Gasteiger partial charge in [0.05, 0.1) is 6.42 Å². The first-order valence-electron chi connectivity index (χ1n) is 5.50. The van der Waals surface area contributed by atoms with E-state index in [4.69, 9.17) is 10.2 Å². The van der Waals surface area contributed by atoms with Crippen LogP contribution < -0.4 is 5.32 Å². The molecule has 92 valence electrons. The average Bonchev–Trinajstić information content (AvgIpc) is 2.35. The molecule has 0 bridgehead atoms. The summed E-state index contributed by atoms with van der Waals surface area (Å²) in [6.45, 7) is 0. The molecule has 0 saturated carbocycles. The molecular weight excluding hydrogens is 230 g/mol. The van der Waals surface area contributed by atoms with Crippen LogP contribution in [0.2, 0.25) is 0 Å². The zero-order chi connectivity index (χ0) is 13.0. The van der Waals surface area contributed by atoms with Gasteiger partial charge in [0, 0.05) is 5.69 Å². The Bertz CT molecular complexity index is 482. The molecule has 0 atom stereocenters. The SMILES string of the molecule is O=C(Cc1ccc(O)cc1)Nc1ccc(O)cc1. The van der Waals surface area contributed by atoms with Crippen LogP contribution in [0.1, 0.15) is 5.56 Å². The first kappa shape index (κ1) is 12.0. The number of hydrogen-bond acceptors (Lipinski definition) is 3. The molecule has 0 spiro atoms. The van der Waals surface area contributed by atoms with Crippen molar-refractivity contribution < 1.29 is 15.0 Å². The van der Waals surface area contributed by atoms with E-state index in [2.05, 4.69) is 5.32 Å². The topological polar surface area (TPSA) is 69.6 Å². The van der Waals surface area contributed by atoms with Gasteiger partial charge < -0.3 is 15.5 Å². The second kappa shape index (κ2) is 5.23. The minimum Gasteiger partial charge on any atom is -0.508 e. The average molecular weight is 243 g/mol. The van der Waals surface area contributed by atoms with Gasteiger partial charge in [0.1, 0.15) is 11.5 Å². The van der Waals surface area contributed by atoms with E-state index in [1.54, 1.807) is 36.4 Å². The lowest BCUT2D eigenvalue weighted by Crippen LogP contribution is -2.14. The van der Waals surface area contributed by atoms with Crippen LogP contribution in [0.5, 0.6) is 11.5 Å². The molecule has 4 heteroatoms. The monoisotopic (exact) mass is 243 g/mol. The van der Waals surface area contributed by atoms with Crippen LogP contribution in [-0.4, -0.2) is 16.1 Å². The minimum atomic E-state index is -0.147. The highest BCUT2D eigenvalue weighted by atomic mass is 16.3. The van der Waals surface area contributed by atoms with Crippen LogP contribution in [0, 0.1) is 0 Å². The second-order valence-corrected chi connectivity index (χ2v) is 3.94. The summed E-state index contributed by atoms with van der Waals surface area (Å²) in [6.07, 6.45) is 0.237. The summed E-state index contributed by atoms with van der Waals surface area (Å²) in [5, 5.41) is 21.0. The zero-order valence-electron chi connectivity index (χ0n) is 9.63. The lowest BCUT2D eigenvalue weighted by molar-refractivity contribution is -0.115. The van der Waals surface area contributed by atoms with Crippen LogP contribution in [0.4, 0.5) is 5.69 Å². The summed E-state index contributed by atoms with van der Waals surface area (Å²) in [5.74, 6) is 0.190. The van der Waals surface area contributed by atoms with Crippen molar-refractivity contribution in [2.45, 2.75) is 6.42 Å². The number of hydrogen-bond donors (Lipinski definition) is 3. The van der Waals surface area contributed by atoms with Crippen molar-refractivity contribution in [1.29, 1.82) is 0 Å². The molecule has 0 aliphatic heterocycles. The van der Waals surface area contributed by atoms with Crippen LogP contribution in [0.3, 0.4) is 0 Å². The molecular formula is C14H13NO3. The number of rotatable bonds is 3. The molecule has 0 fully saturated rings. The van der Waals surface area contributed by atoms with Crippen molar-refractivity contribution in [3.8, 4) is 11.5 Å². The number of nitrogens with one attached hydrogen (secondary N) is 1. The maximum Gasteiger partial charge on any atom is 0.228 e. The maximum absolute atomic E-state index is 11.7. The van der Waals surface area contributed by atoms with Gasteiger partial charge in [-0.3, -0.25) is 4.79 Å². The first-order chi connectivity index (χ1) is 8.63. The summed E-state index contributed by atoms with van der Waals surface area (Å²) in [4.78, 5) is 11.7. The van der Waals surface area contributed by atoms with Crippen LogP contribution in [0.15, 0.2) is 48.5 Å². The maximum atomic E-state index is 11.7. The third-order valence-corrected chi connectivity index (χ3v) is 2.45. The Kier molecular flexibility index (Phi) is 3.48. The molecule has 2 aromatic rings. The molecule has 0 aliphatic rings. The Morgan fingerprint density at radius 2 is 1.39 bits per heavy atom. The van der Waals surface area contributed by atoms with Gasteiger partial charge >= 0.3 is 0 Å². The minimum absolute atomic E-state index is 0.147. The molecule has 0 aromatic heterocycles. The molecule has 1 amide bonds. The fourth-order valence-corrected chi connectivity index (χ4v) is 1.55. The van der Waals surface area contributed by atoms with Crippen molar-refractivity contribution in [3.63, 3.8) is 0 Å². The number of carbonyl (C=O) groups excluding carboxylic acids is 1. The lowest BCUT2D eigenvalue weighted by Gasteiger charge is -2.05. The van der Waals surface area contributed by atoms with E-state index in [-0.39, 0.29) is 23.8 Å². The van der Waals surface area contributed by atoms with Crippen molar-refractivity contribution >= 4 is 11.6 Å². The highest BCUT2D eigenvalue weighted by Crippen LogP contribution is 2.15. The summed E-state index contributed by atoms with van der Waals surface area (Å²) in [6, 6.07) is 12.8. The van der Waals surface area contributed by atoms with Gasteiger partial charge in [0.2, 0.25) is 5.91 Å². The van der Waals surface area contributed by atoms with Crippen molar-refractivity contribution in [2.24, 2.45) is 0 Å². The summed E-state index contributed by atoms with van der Waals surface area (Å²) >= 11 is 0. The van der Waals surface area contributed by atoms with Crippen molar-refractivity contribution in [2.75, 3.05) is 5.32 Å². The van der Waals surface area contributed by atoms with Crippen molar-refractivity contribution in [1.82, 2.24) is 0 Å². The molecule has 2 aromatic carbocycles. The Morgan fingerprint density at radius 1 is 0.889 bits per heavy atom. The quantitative estimate of drug-likeness (QED) is 0.724. The number of amides is 1. The van der Waals surface area contributed by atoms with E-state index >= 15 is 0 Å². The van der Waals surface area contributed by atoms with E-state index in [0.29, 0.717) is 5.69 Å². The fourth-order valence-electron chi connectivity index (χ4n) is 1.55. The van der Waals surface area contributed by atoms with E-state index < -0.39 is 0 Å². The molecule has 3 N–H and O–H groups in total. The van der Waals surface area contributed by atoms with Gasteiger partial charge in [-0.2, -0.15) is 0 Å². The van der Waals surface area contributed by atoms with E-state index in [9.17, 15) is 4.79 Å². The van der Waals surface area contributed by atoms with Crippen LogP contribution in [0.25, 0.3) is 0 Å².